The van der Waals surface area contributed by atoms with Crippen molar-refractivity contribution in [2.45, 2.75) is 33.5 Å². The van der Waals surface area contributed by atoms with Crippen LogP contribution in [0.25, 0.3) is 0 Å². The maximum Gasteiger partial charge on any atom is 0.263 e. The molecule has 5 heteroatoms. The molecule has 0 aliphatic heterocycles. The molecule has 1 rings (SSSR count). The summed E-state index contributed by atoms with van der Waals surface area (Å²) in [4.78, 5) is 13.8. The Kier molecular flexibility index (Phi) is 6.31. The summed E-state index contributed by atoms with van der Waals surface area (Å²) in [5, 5.41) is 9.19. The lowest BCUT2D eigenvalue weighted by molar-refractivity contribution is -0.137. The zero-order valence-electron chi connectivity index (χ0n) is 11.5. The van der Waals surface area contributed by atoms with E-state index in [-0.39, 0.29) is 12.5 Å². The SMILES string of the molecule is CCN(CC)C(=O)C(C)Oc1ccc(Br)c(CO)c1. The van der Waals surface area contributed by atoms with Gasteiger partial charge in [-0.05, 0) is 44.5 Å². The minimum atomic E-state index is -0.535. The molecule has 0 heterocycles. The van der Waals surface area contributed by atoms with Crippen LogP contribution in [0.3, 0.4) is 0 Å². The van der Waals surface area contributed by atoms with Crippen LogP contribution in [0.5, 0.6) is 5.75 Å². The van der Waals surface area contributed by atoms with Gasteiger partial charge in [0.05, 0.1) is 6.61 Å². The Morgan fingerprint density at radius 3 is 2.58 bits per heavy atom. The largest absolute Gasteiger partial charge is 0.481 e. The van der Waals surface area contributed by atoms with Crippen LogP contribution in [0.1, 0.15) is 26.3 Å². The van der Waals surface area contributed by atoms with Gasteiger partial charge in [-0.15, -0.1) is 0 Å². The molecule has 1 aromatic carbocycles. The van der Waals surface area contributed by atoms with E-state index < -0.39 is 6.10 Å². The Hall–Kier alpha value is -1.07. The van der Waals surface area contributed by atoms with Crippen molar-refractivity contribution in [1.82, 2.24) is 4.90 Å². The fourth-order valence-corrected chi connectivity index (χ4v) is 2.16. The molecule has 1 aromatic rings. The molecule has 1 N–H and O–H groups in total. The number of carbonyl (C=O) groups excluding carboxylic acids is 1. The summed E-state index contributed by atoms with van der Waals surface area (Å²) in [5.74, 6) is 0.554. The molecule has 1 amide bonds. The summed E-state index contributed by atoms with van der Waals surface area (Å²) in [6, 6.07) is 5.31. The van der Waals surface area contributed by atoms with Crippen molar-refractivity contribution in [3.63, 3.8) is 0 Å². The molecule has 0 saturated carbocycles. The zero-order chi connectivity index (χ0) is 14.4. The minimum Gasteiger partial charge on any atom is -0.481 e. The summed E-state index contributed by atoms with van der Waals surface area (Å²) in [6.07, 6.45) is -0.535. The summed E-state index contributed by atoms with van der Waals surface area (Å²) in [6.45, 7) is 6.89. The molecule has 1 atom stereocenters. The number of nitrogens with zero attached hydrogens (tertiary/aromatic N) is 1. The first-order valence-corrected chi connectivity index (χ1v) is 7.17. The standard InChI is InChI=1S/C14H20BrNO3/c1-4-16(5-2)14(18)10(3)19-12-6-7-13(15)11(8-12)9-17/h6-8,10,17H,4-5,9H2,1-3H3. The summed E-state index contributed by atoms with van der Waals surface area (Å²) >= 11 is 3.34. The topological polar surface area (TPSA) is 49.8 Å². The molecule has 0 aromatic heterocycles. The van der Waals surface area contributed by atoms with Gasteiger partial charge in [0.15, 0.2) is 6.10 Å². The number of aliphatic hydroxyl groups excluding tert-OH is 1. The number of aliphatic hydroxyl groups is 1. The lowest BCUT2D eigenvalue weighted by Crippen LogP contribution is -2.40. The van der Waals surface area contributed by atoms with Crippen LogP contribution in [0.4, 0.5) is 0 Å². The van der Waals surface area contributed by atoms with E-state index in [1.807, 2.05) is 13.8 Å². The third kappa shape index (κ3) is 4.21. The van der Waals surface area contributed by atoms with Crippen molar-refractivity contribution in [1.29, 1.82) is 0 Å². The Labute approximate surface area is 122 Å². The van der Waals surface area contributed by atoms with E-state index in [9.17, 15) is 9.90 Å². The highest BCUT2D eigenvalue weighted by atomic mass is 79.9. The number of hydrogen-bond acceptors (Lipinski definition) is 3. The van der Waals surface area contributed by atoms with Gasteiger partial charge >= 0.3 is 0 Å². The van der Waals surface area contributed by atoms with Gasteiger partial charge in [0, 0.05) is 17.6 Å². The molecular formula is C14H20BrNO3. The van der Waals surface area contributed by atoms with Crippen molar-refractivity contribution in [3.05, 3.63) is 28.2 Å². The number of likely N-dealkylation sites (N-methyl/N-ethyl adjacent to an activating group) is 1. The van der Waals surface area contributed by atoms with Crippen LogP contribution in [0.2, 0.25) is 0 Å². The lowest BCUT2D eigenvalue weighted by Gasteiger charge is -2.23. The monoisotopic (exact) mass is 329 g/mol. The Morgan fingerprint density at radius 1 is 1.42 bits per heavy atom. The highest BCUT2D eigenvalue weighted by molar-refractivity contribution is 9.10. The number of benzene rings is 1. The number of amides is 1. The fourth-order valence-electron chi connectivity index (χ4n) is 1.79. The highest BCUT2D eigenvalue weighted by Gasteiger charge is 2.19. The lowest BCUT2D eigenvalue weighted by atomic mass is 10.2. The van der Waals surface area contributed by atoms with Crippen molar-refractivity contribution in [2.24, 2.45) is 0 Å². The number of carbonyl (C=O) groups is 1. The average Bonchev–Trinajstić information content (AvgIpc) is 2.42. The molecule has 0 radical (unpaired) electrons. The molecule has 106 valence electrons. The maximum absolute atomic E-state index is 12.1. The van der Waals surface area contributed by atoms with Crippen molar-refractivity contribution >= 4 is 21.8 Å². The Balaban J connectivity index is 2.76. The van der Waals surface area contributed by atoms with Gasteiger partial charge in [-0.1, -0.05) is 15.9 Å². The summed E-state index contributed by atoms with van der Waals surface area (Å²) in [5.41, 5.74) is 0.736. The predicted octanol–water partition coefficient (Wildman–Crippen LogP) is 2.58. The second-order valence-electron chi connectivity index (χ2n) is 4.18. The van der Waals surface area contributed by atoms with Crippen LogP contribution in [0.15, 0.2) is 22.7 Å². The first-order valence-electron chi connectivity index (χ1n) is 6.38. The van der Waals surface area contributed by atoms with Gasteiger partial charge in [-0.25, -0.2) is 0 Å². The number of ether oxygens (including phenoxy) is 1. The average molecular weight is 330 g/mol. The van der Waals surface area contributed by atoms with Gasteiger partial charge in [-0.3, -0.25) is 4.79 Å². The Morgan fingerprint density at radius 2 is 2.05 bits per heavy atom. The third-order valence-corrected chi connectivity index (χ3v) is 3.70. The van der Waals surface area contributed by atoms with E-state index in [1.165, 1.54) is 0 Å². The Bertz CT molecular complexity index is 433. The van der Waals surface area contributed by atoms with Gasteiger partial charge in [-0.2, -0.15) is 0 Å². The minimum absolute atomic E-state index is 0.0292. The number of hydrogen-bond donors (Lipinski definition) is 1. The quantitative estimate of drug-likeness (QED) is 0.872. The van der Waals surface area contributed by atoms with E-state index in [0.717, 1.165) is 10.0 Å². The fraction of sp³-hybridized carbons (Fsp3) is 0.500. The normalized spacial score (nSPS) is 12.1. The smallest absolute Gasteiger partial charge is 0.263 e. The zero-order valence-corrected chi connectivity index (χ0v) is 13.1. The first-order chi connectivity index (χ1) is 9.03. The first kappa shape index (κ1) is 16.0. The van der Waals surface area contributed by atoms with E-state index in [4.69, 9.17) is 4.74 Å². The summed E-state index contributed by atoms with van der Waals surface area (Å²) in [7, 11) is 0. The molecule has 0 saturated heterocycles. The second-order valence-corrected chi connectivity index (χ2v) is 5.04. The maximum atomic E-state index is 12.1. The van der Waals surface area contributed by atoms with Gasteiger partial charge in [0.1, 0.15) is 5.75 Å². The van der Waals surface area contributed by atoms with E-state index in [1.54, 1.807) is 30.0 Å². The number of halogens is 1. The van der Waals surface area contributed by atoms with Crippen LogP contribution in [0, 0.1) is 0 Å². The van der Waals surface area contributed by atoms with Crippen LogP contribution < -0.4 is 4.74 Å². The molecule has 0 aliphatic rings. The predicted molar refractivity (Wildman–Crippen MR) is 78.1 cm³/mol. The van der Waals surface area contributed by atoms with Crippen LogP contribution in [-0.2, 0) is 11.4 Å². The third-order valence-electron chi connectivity index (χ3n) is 2.92. The molecule has 0 fully saturated rings. The van der Waals surface area contributed by atoms with E-state index in [2.05, 4.69) is 15.9 Å². The molecule has 0 aliphatic carbocycles. The van der Waals surface area contributed by atoms with E-state index >= 15 is 0 Å². The van der Waals surface area contributed by atoms with Gasteiger partial charge in [0.25, 0.3) is 5.91 Å². The summed E-state index contributed by atoms with van der Waals surface area (Å²) < 4.78 is 6.46. The second kappa shape index (κ2) is 7.50. The molecular weight excluding hydrogens is 310 g/mol. The van der Waals surface area contributed by atoms with Gasteiger partial charge < -0.3 is 14.7 Å². The van der Waals surface area contributed by atoms with Crippen molar-refractivity contribution in [2.75, 3.05) is 13.1 Å². The molecule has 0 bridgehead atoms. The molecule has 0 spiro atoms. The van der Waals surface area contributed by atoms with Crippen molar-refractivity contribution < 1.29 is 14.6 Å². The van der Waals surface area contributed by atoms with Crippen molar-refractivity contribution in [3.8, 4) is 5.75 Å². The number of rotatable bonds is 6. The van der Waals surface area contributed by atoms with Gasteiger partial charge in [0.2, 0.25) is 0 Å². The van der Waals surface area contributed by atoms with E-state index in [0.29, 0.717) is 18.8 Å². The highest BCUT2D eigenvalue weighted by Crippen LogP contribution is 2.23. The molecule has 4 nitrogen and oxygen atoms in total. The molecule has 1 unspecified atom stereocenters. The molecule has 19 heavy (non-hydrogen) atoms. The van der Waals surface area contributed by atoms with Crippen LogP contribution >= 0.6 is 15.9 Å². The van der Waals surface area contributed by atoms with Crippen LogP contribution in [-0.4, -0.2) is 35.1 Å².